The molecule has 2 heterocycles. The van der Waals surface area contributed by atoms with Crippen molar-refractivity contribution >= 4 is 22.7 Å². The molecular weight excluding hydrogens is 657 g/mol. The molecule has 0 saturated carbocycles. The Kier molecular flexibility index (Phi) is 11.8. The van der Waals surface area contributed by atoms with E-state index in [1.807, 2.05) is 36.4 Å². The van der Waals surface area contributed by atoms with Crippen molar-refractivity contribution in [1.29, 1.82) is 0 Å². The number of hydrogen-bond acceptors (Lipinski definition) is 4. The van der Waals surface area contributed by atoms with Crippen LogP contribution in [0.15, 0.2) is 84.9 Å². The molecule has 2 saturated heterocycles. The Morgan fingerprint density at radius 2 is 0.463 bits per heavy atom. The molecule has 0 aliphatic carbocycles. The fourth-order valence-corrected chi connectivity index (χ4v) is 10.2. The highest BCUT2D eigenvalue weighted by Gasteiger charge is 2.46. The summed E-state index contributed by atoms with van der Waals surface area (Å²) in [7, 11) is 0. The standard InChI is InChI=1S/C44H58N4.C6H6/c1-27-19-31(5)39(32(6)20-27)45-15-13-16-46(40-33(7)21-28(2)22-34(40)8)43(45)44-47(41-35(9)23-29(3)24-36(41)10)17-14-18-48(44)42-37(11)25-30(4)26-38(42)12;1-2-4-6-5-3-1/h19-26,43-44H,13-18H2,1-12H3;1-6H. The molecule has 2 fully saturated rings. The van der Waals surface area contributed by atoms with Gasteiger partial charge in [-0.2, -0.15) is 0 Å². The molecule has 54 heavy (non-hydrogen) atoms. The first-order chi connectivity index (χ1) is 25.8. The molecule has 5 aromatic carbocycles. The molecule has 0 N–H and O–H groups in total. The van der Waals surface area contributed by atoms with Crippen LogP contribution < -0.4 is 19.6 Å². The molecule has 0 bridgehead atoms. The average molecular weight is 721 g/mol. The molecule has 0 unspecified atom stereocenters. The Hall–Kier alpha value is -4.70. The molecule has 4 nitrogen and oxygen atoms in total. The van der Waals surface area contributed by atoms with Crippen LogP contribution in [-0.2, 0) is 0 Å². The first kappa shape index (κ1) is 39.0. The van der Waals surface area contributed by atoms with Gasteiger partial charge in [0.05, 0.1) is 0 Å². The van der Waals surface area contributed by atoms with Crippen molar-refractivity contribution in [2.45, 2.75) is 108 Å². The van der Waals surface area contributed by atoms with Gasteiger partial charge >= 0.3 is 0 Å². The van der Waals surface area contributed by atoms with Crippen LogP contribution >= 0.6 is 0 Å². The zero-order valence-corrected chi connectivity index (χ0v) is 35.3. The van der Waals surface area contributed by atoms with Crippen LogP contribution in [0.25, 0.3) is 0 Å². The number of benzene rings is 5. The summed E-state index contributed by atoms with van der Waals surface area (Å²) in [6, 6.07) is 31.1. The average Bonchev–Trinajstić information content (AvgIpc) is 3.08. The monoisotopic (exact) mass is 721 g/mol. The van der Waals surface area contributed by atoms with Crippen molar-refractivity contribution in [3.05, 3.63) is 152 Å². The summed E-state index contributed by atoms with van der Waals surface area (Å²) >= 11 is 0. The van der Waals surface area contributed by atoms with Gasteiger partial charge in [0.2, 0.25) is 0 Å². The zero-order chi connectivity index (χ0) is 38.8. The summed E-state index contributed by atoms with van der Waals surface area (Å²) in [5.74, 6) is 0. The Bertz CT molecular complexity index is 1710. The maximum atomic E-state index is 2.81. The summed E-state index contributed by atoms with van der Waals surface area (Å²) in [5.41, 5.74) is 21.9. The second-order valence-electron chi connectivity index (χ2n) is 16.5. The molecule has 7 rings (SSSR count). The van der Waals surface area contributed by atoms with Gasteiger partial charge in [-0.05, 0) is 140 Å². The zero-order valence-electron chi connectivity index (χ0n) is 35.3. The van der Waals surface area contributed by atoms with Gasteiger partial charge in [0, 0.05) is 48.9 Å². The van der Waals surface area contributed by atoms with Crippen molar-refractivity contribution in [3.63, 3.8) is 0 Å². The predicted octanol–water partition coefficient (Wildman–Crippen LogP) is 11.9. The van der Waals surface area contributed by atoms with Crippen molar-refractivity contribution in [3.8, 4) is 0 Å². The number of aryl methyl sites for hydroxylation is 12. The van der Waals surface area contributed by atoms with Crippen LogP contribution in [0.3, 0.4) is 0 Å². The third kappa shape index (κ3) is 7.90. The lowest BCUT2D eigenvalue weighted by Gasteiger charge is -2.58. The van der Waals surface area contributed by atoms with Gasteiger partial charge in [0.15, 0.2) is 0 Å². The lowest BCUT2D eigenvalue weighted by molar-refractivity contribution is 0.361. The van der Waals surface area contributed by atoms with Gasteiger partial charge in [-0.25, -0.2) is 0 Å². The van der Waals surface area contributed by atoms with Crippen LogP contribution in [0.4, 0.5) is 22.7 Å². The molecule has 5 aromatic rings. The molecule has 0 atom stereocenters. The van der Waals surface area contributed by atoms with Gasteiger partial charge < -0.3 is 19.6 Å². The smallest absolute Gasteiger partial charge is 0.142 e. The van der Waals surface area contributed by atoms with Crippen LogP contribution in [0.1, 0.15) is 79.6 Å². The van der Waals surface area contributed by atoms with Crippen LogP contribution in [0.5, 0.6) is 0 Å². The van der Waals surface area contributed by atoms with E-state index in [0.717, 1.165) is 39.0 Å². The van der Waals surface area contributed by atoms with Gasteiger partial charge in [0.1, 0.15) is 12.3 Å². The maximum Gasteiger partial charge on any atom is 0.142 e. The van der Waals surface area contributed by atoms with Crippen molar-refractivity contribution in [1.82, 2.24) is 0 Å². The van der Waals surface area contributed by atoms with E-state index in [1.54, 1.807) is 0 Å². The summed E-state index contributed by atoms with van der Waals surface area (Å²) < 4.78 is 0. The highest BCUT2D eigenvalue weighted by molar-refractivity contribution is 5.72. The molecule has 0 amide bonds. The molecular formula is C50H64N4. The Balaban J connectivity index is 0.000000755. The Labute approximate surface area is 327 Å². The van der Waals surface area contributed by atoms with Crippen molar-refractivity contribution < 1.29 is 0 Å². The minimum Gasteiger partial charge on any atom is -0.347 e. The number of hydrogen-bond donors (Lipinski definition) is 0. The van der Waals surface area contributed by atoms with Crippen molar-refractivity contribution in [2.75, 3.05) is 45.8 Å². The topological polar surface area (TPSA) is 13.0 Å². The van der Waals surface area contributed by atoms with E-state index in [1.165, 1.54) is 89.5 Å². The number of nitrogens with zero attached hydrogens (tertiary/aromatic N) is 4. The van der Waals surface area contributed by atoms with E-state index >= 15 is 0 Å². The van der Waals surface area contributed by atoms with E-state index < -0.39 is 0 Å². The quantitative estimate of drug-likeness (QED) is 0.179. The van der Waals surface area contributed by atoms with E-state index in [2.05, 4.69) is 151 Å². The summed E-state index contributed by atoms with van der Waals surface area (Å²) in [6.45, 7) is 31.7. The normalized spacial score (nSPS) is 15.4. The first-order valence-electron chi connectivity index (χ1n) is 20.1. The van der Waals surface area contributed by atoms with Gasteiger partial charge in [-0.1, -0.05) is 107 Å². The van der Waals surface area contributed by atoms with Crippen molar-refractivity contribution in [2.24, 2.45) is 0 Å². The molecule has 2 aliphatic rings. The maximum absolute atomic E-state index is 2.81. The minimum atomic E-state index is 0.0828. The summed E-state index contributed by atoms with van der Waals surface area (Å²) in [5, 5.41) is 0. The van der Waals surface area contributed by atoms with Gasteiger partial charge in [-0.15, -0.1) is 0 Å². The minimum absolute atomic E-state index is 0.0828. The van der Waals surface area contributed by atoms with E-state index in [9.17, 15) is 0 Å². The fraction of sp³-hybridized carbons (Fsp3) is 0.400. The largest absolute Gasteiger partial charge is 0.347 e. The summed E-state index contributed by atoms with van der Waals surface area (Å²) in [6.07, 6.45) is 2.40. The van der Waals surface area contributed by atoms with Crippen LogP contribution in [-0.4, -0.2) is 38.5 Å². The fourth-order valence-electron chi connectivity index (χ4n) is 10.2. The molecule has 4 heteroatoms. The Morgan fingerprint density at radius 3 is 0.630 bits per heavy atom. The summed E-state index contributed by atoms with van der Waals surface area (Å²) in [4.78, 5) is 11.2. The van der Waals surface area contributed by atoms with E-state index in [-0.39, 0.29) is 12.3 Å². The highest BCUT2D eigenvalue weighted by atomic mass is 15.5. The number of anilines is 4. The second-order valence-corrected chi connectivity index (χ2v) is 16.5. The third-order valence-corrected chi connectivity index (χ3v) is 11.5. The molecule has 0 radical (unpaired) electrons. The second kappa shape index (κ2) is 16.3. The van der Waals surface area contributed by atoms with E-state index in [4.69, 9.17) is 0 Å². The first-order valence-corrected chi connectivity index (χ1v) is 20.1. The molecule has 0 aromatic heterocycles. The molecule has 284 valence electrons. The molecule has 0 spiro atoms. The van der Waals surface area contributed by atoms with Crippen LogP contribution in [0, 0.1) is 83.1 Å². The lowest BCUT2D eigenvalue weighted by atomic mass is 9.95. The van der Waals surface area contributed by atoms with Crippen LogP contribution in [0.2, 0.25) is 0 Å². The van der Waals surface area contributed by atoms with Gasteiger partial charge in [0.25, 0.3) is 0 Å². The highest BCUT2D eigenvalue weighted by Crippen LogP contribution is 2.43. The Morgan fingerprint density at radius 1 is 0.296 bits per heavy atom. The van der Waals surface area contributed by atoms with Gasteiger partial charge in [-0.3, -0.25) is 0 Å². The third-order valence-electron chi connectivity index (χ3n) is 11.5. The van der Waals surface area contributed by atoms with E-state index in [0.29, 0.717) is 0 Å². The lowest BCUT2D eigenvalue weighted by Crippen LogP contribution is -2.71. The number of rotatable bonds is 5. The predicted molar refractivity (Wildman–Crippen MR) is 235 cm³/mol. The SMILES string of the molecule is Cc1cc(C)c(N2CCCN(c3c(C)cc(C)cc3C)C2C2N(c3c(C)cc(C)cc3C)CCCN2c2c(C)cc(C)cc2C)c(C)c1.c1ccccc1. The molecule has 2 aliphatic heterocycles.